The van der Waals surface area contributed by atoms with E-state index in [4.69, 9.17) is 9.47 Å². The first-order valence-corrected chi connectivity index (χ1v) is 5.37. The number of ether oxygens (including phenoxy) is 2. The van der Waals surface area contributed by atoms with Gasteiger partial charge in [0.05, 0.1) is 18.2 Å². The van der Waals surface area contributed by atoms with Crippen LogP contribution in [0, 0.1) is 5.82 Å². The summed E-state index contributed by atoms with van der Waals surface area (Å²) < 4.78 is 23.6. The summed E-state index contributed by atoms with van der Waals surface area (Å²) in [6.07, 6.45) is 0. The zero-order chi connectivity index (χ0) is 13.1. The molecule has 1 aromatic heterocycles. The van der Waals surface area contributed by atoms with E-state index in [9.17, 15) is 9.18 Å². The van der Waals surface area contributed by atoms with Gasteiger partial charge < -0.3 is 9.47 Å². The van der Waals surface area contributed by atoms with Crippen molar-refractivity contribution in [2.75, 3.05) is 7.11 Å². The monoisotopic (exact) mass is 249 g/mol. The first kappa shape index (κ1) is 12.3. The number of carbonyl (C=O) groups excluding carboxylic acids is 1. The zero-order valence-corrected chi connectivity index (χ0v) is 10.1. The average molecular weight is 249 g/mol. The predicted molar refractivity (Wildman–Crippen MR) is 63.7 cm³/mol. The van der Waals surface area contributed by atoms with Gasteiger partial charge in [-0.2, -0.15) is 0 Å². The molecule has 0 aliphatic rings. The Morgan fingerprint density at radius 2 is 2.06 bits per heavy atom. The van der Waals surface area contributed by atoms with E-state index in [1.807, 2.05) is 0 Å². The van der Waals surface area contributed by atoms with E-state index in [-0.39, 0.29) is 12.2 Å². The molecule has 2 rings (SSSR count). The van der Waals surface area contributed by atoms with Crippen LogP contribution in [-0.4, -0.2) is 18.1 Å². The van der Waals surface area contributed by atoms with Gasteiger partial charge in [0.1, 0.15) is 12.4 Å². The van der Waals surface area contributed by atoms with Crippen LogP contribution in [0.5, 0.6) is 5.88 Å². The molecule has 2 aromatic rings. The lowest BCUT2D eigenvalue weighted by Crippen LogP contribution is -2.03. The van der Waals surface area contributed by atoms with Gasteiger partial charge in [0.15, 0.2) is 0 Å². The van der Waals surface area contributed by atoms with Crippen molar-refractivity contribution in [2.24, 2.45) is 0 Å². The Balaban J connectivity index is 2.53. The number of rotatable bonds is 3. The molecule has 5 heteroatoms. The second kappa shape index (κ2) is 5.00. The summed E-state index contributed by atoms with van der Waals surface area (Å²) in [6, 6.07) is 6.41. The standard InChI is InChI=1S/C13H12FNO3/c1-8(16)18-7-10-11(14)5-3-9-4-6-12(17-2)15-13(9)10/h3-6H,7H2,1-2H3. The lowest BCUT2D eigenvalue weighted by atomic mass is 10.1. The Morgan fingerprint density at radius 3 is 2.72 bits per heavy atom. The molecular weight excluding hydrogens is 237 g/mol. The van der Waals surface area contributed by atoms with E-state index in [1.54, 1.807) is 18.2 Å². The highest BCUT2D eigenvalue weighted by Gasteiger charge is 2.11. The Morgan fingerprint density at radius 1 is 1.33 bits per heavy atom. The largest absolute Gasteiger partial charge is 0.481 e. The Labute approximate surface area is 103 Å². The lowest BCUT2D eigenvalue weighted by molar-refractivity contribution is -0.142. The molecule has 0 atom stereocenters. The number of carbonyl (C=O) groups is 1. The second-order valence-corrected chi connectivity index (χ2v) is 3.73. The minimum absolute atomic E-state index is 0.140. The minimum atomic E-state index is -0.464. The highest BCUT2D eigenvalue weighted by molar-refractivity contribution is 5.82. The van der Waals surface area contributed by atoms with Gasteiger partial charge in [-0.1, -0.05) is 0 Å². The summed E-state index contributed by atoms with van der Waals surface area (Å²) >= 11 is 0. The van der Waals surface area contributed by atoms with Gasteiger partial charge in [-0.3, -0.25) is 4.79 Å². The molecule has 1 aromatic carbocycles. The van der Waals surface area contributed by atoms with Crippen molar-refractivity contribution in [1.82, 2.24) is 4.98 Å². The molecular formula is C13H12FNO3. The van der Waals surface area contributed by atoms with Crippen molar-refractivity contribution in [3.8, 4) is 5.88 Å². The summed E-state index contributed by atoms with van der Waals surface area (Å²) in [7, 11) is 1.49. The van der Waals surface area contributed by atoms with E-state index in [0.717, 1.165) is 5.39 Å². The first-order valence-electron chi connectivity index (χ1n) is 5.37. The lowest BCUT2D eigenvalue weighted by Gasteiger charge is -2.08. The van der Waals surface area contributed by atoms with Gasteiger partial charge in [0.25, 0.3) is 0 Å². The van der Waals surface area contributed by atoms with Gasteiger partial charge in [0, 0.05) is 18.4 Å². The number of nitrogens with zero attached hydrogens (tertiary/aromatic N) is 1. The third kappa shape index (κ3) is 2.40. The number of pyridine rings is 1. The Kier molecular flexibility index (Phi) is 3.41. The maximum Gasteiger partial charge on any atom is 0.302 e. The highest BCUT2D eigenvalue weighted by atomic mass is 19.1. The number of aromatic nitrogens is 1. The molecule has 4 nitrogen and oxygen atoms in total. The third-order valence-electron chi connectivity index (χ3n) is 2.51. The third-order valence-corrected chi connectivity index (χ3v) is 2.51. The number of hydrogen-bond donors (Lipinski definition) is 0. The number of methoxy groups -OCH3 is 1. The molecule has 0 amide bonds. The van der Waals surface area contributed by atoms with E-state index >= 15 is 0 Å². The van der Waals surface area contributed by atoms with E-state index in [2.05, 4.69) is 4.98 Å². The minimum Gasteiger partial charge on any atom is -0.481 e. The number of benzene rings is 1. The average Bonchev–Trinajstić information content (AvgIpc) is 2.36. The molecule has 0 radical (unpaired) electrons. The summed E-state index contributed by atoms with van der Waals surface area (Å²) in [4.78, 5) is 15.0. The van der Waals surface area contributed by atoms with Crippen LogP contribution in [0.4, 0.5) is 4.39 Å². The van der Waals surface area contributed by atoms with Crippen LogP contribution < -0.4 is 4.74 Å². The van der Waals surface area contributed by atoms with Crippen LogP contribution in [0.15, 0.2) is 24.3 Å². The predicted octanol–water partition coefficient (Wildman–Crippen LogP) is 2.45. The normalized spacial score (nSPS) is 10.4. The SMILES string of the molecule is COc1ccc2ccc(F)c(COC(C)=O)c2n1. The van der Waals surface area contributed by atoms with E-state index in [1.165, 1.54) is 20.1 Å². The first-order chi connectivity index (χ1) is 8.61. The van der Waals surface area contributed by atoms with Gasteiger partial charge in [-0.15, -0.1) is 0 Å². The molecule has 0 aliphatic carbocycles. The smallest absolute Gasteiger partial charge is 0.302 e. The van der Waals surface area contributed by atoms with E-state index < -0.39 is 11.8 Å². The maximum atomic E-state index is 13.7. The fourth-order valence-electron chi connectivity index (χ4n) is 1.63. The van der Waals surface area contributed by atoms with Crippen LogP contribution in [0.25, 0.3) is 10.9 Å². The molecule has 0 saturated heterocycles. The van der Waals surface area contributed by atoms with Gasteiger partial charge in [0.2, 0.25) is 5.88 Å². The zero-order valence-electron chi connectivity index (χ0n) is 10.1. The molecule has 0 fully saturated rings. The summed E-state index contributed by atoms with van der Waals surface area (Å²) in [6.45, 7) is 1.13. The number of hydrogen-bond acceptors (Lipinski definition) is 4. The van der Waals surface area contributed by atoms with Gasteiger partial charge >= 0.3 is 5.97 Å². The van der Waals surface area contributed by atoms with Crippen LogP contribution in [0.1, 0.15) is 12.5 Å². The van der Waals surface area contributed by atoms with Crippen molar-refractivity contribution in [3.63, 3.8) is 0 Å². The van der Waals surface area contributed by atoms with Crippen LogP contribution in [-0.2, 0) is 16.1 Å². The molecule has 0 N–H and O–H groups in total. The summed E-state index contributed by atoms with van der Waals surface area (Å²) in [5.74, 6) is -0.532. The number of esters is 1. The molecule has 18 heavy (non-hydrogen) atoms. The fourth-order valence-corrected chi connectivity index (χ4v) is 1.63. The summed E-state index contributed by atoms with van der Waals surface area (Å²) in [5.41, 5.74) is 0.692. The summed E-state index contributed by atoms with van der Waals surface area (Å²) in [5, 5.41) is 0.763. The molecule has 0 unspecified atom stereocenters. The van der Waals surface area contributed by atoms with Gasteiger partial charge in [-0.05, 0) is 18.2 Å². The van der Waals surface area contributed by atoms with Crippen molar-refractivity contribution in [1.29, 1.82) is 0 Å². The quantitative estimate of drug-likeness (QED) is 0.784. The van der Waals surface area contributed by atoms with Crippen LogP contribution in [0.3, 0.4) is 0 Å². The fraction of sp³-hybridized carbons (Fsp3) is 0.231. The van der Waals surface area contributed by atoms with Crippen LogP contribution in [0.2, 0.25) is 0 Å². The van der Waals surface area contributed by atoms with Crippen molar-refractivity contribution < 1.29 is 18.7 Å². The Bertz CT molecular complexity index is 598. The molecule has 0 saturated carbocycles. The Hall–Kier alpha value is -2.17. The van der Waals surface area contributed by atoms with Crippen LogP contribution >= 0.6 is 0 Å². The molecule has 0 spiro atoms. The number of fused-ring (bicyclic) bond motifs is 1. The van der Waals surface area contributed by atoms with Crippen molar-refractivity contribution in [2.45, 2.75) is 13.5 Å². The maximum absolute atomic E-state index is 13.7. The van der Waals surface area contributed by atoms with Gasteiger partial charge in [-0.25, -0.2) is 9.37 Å². The topological polar surface area (TPSA) is 48.4 Å². The number of halogens is 1. The molecule has 0 bridgehead atoms. The second-order valence-electron chi connectivity index (χ2n) is 3.73. The highest BCUT2D eigenvalue weighted by Crippen LogP contribution is 2.23. The van der Waals surface area contributed by atoms with Crippen molar-refractivity contribution in [3.05, 3.63) is 35.6 Å². The molecule has 0 aliphatic heterocycles. The molecule has 94 valence electrons. The van der Waals surface area contributed by atoms with E-state index in [0.29, 0.717) is 11.4 Å². The van der Waals surface area contributed by atoms with Crippen molar-refractivity contribution >= 4 is 16.9 Å². The molecule has 1 heterocycles.